The number of pyridine rings is 1. The number of halogens is 1. The fourth-order valence-electron chi connectivity index (χ4n) is 2.59. The first-order valence-corrected chi connectivity index (χ1v) is 9.49. The van der Waals surface area contributed by atoms with E-state index in [-0.39, 0.29) is 5.56 Å². The molecule has 6 heteroatoms. The van der Waals surface area contributed by atoms with Gasteiger partial charge in [0.1, 0.15) is 0 Å². The van der Waals surface area contributed by atoms with Crippen molar-refractivity contribution in [1.82, 2.24) is 15.2 Å². The van der Waals surface area contributed by atoms with Gasteiger partial charge in [0, 0.05) is 43.5 Å². The van der Waals surface area contributed by atoms with E-state index < -0.39 is 0 Å². The van der Waals surface area contributed by atoms with Crippen LogP contribution in [0.2, 0.25) is 5.02 Å². The van der Waals surface area contributed by atoms with Gasteiger partial charge in [0.05, 0.1) is 0 Å². The Bertz CT molecular complexity index is 757. The van der Waals surface area contributed by atoms with Crippen LogP contribution in [-0.2, 0) is 13.0 Å². The van der Waals surface area contributed by atoms with Crippen LogP contribution in [0.3, 0.4) is 0 Å². The lowest BCUT2D eigenvalue weighted by atomic mass is 10.1. The first-order valence-electron chi connectivity index (χ1n) is 9.11. The molecule has 0 radical (unpaired) electrons. The van der Waals surface area contributed by atoms with Gasteiger partial charge in [-0.1, -0.05) is 35.9 Å². The summed E-state index contributed by atoms with van der Waals surface area (Å²) in [6, 6.07) is 13.1. The van der Waals surface area contributed by atoms with Crippen molar-refractivity contribution in [3.8, 4) is 0 Å². The first kappa shape index (κ1) is 20.0. The highest BCUT2D eigenvalue weighted by Crippen LogP contribution is 2.14. The molecule has 0 saturated carbocycles. The quantitative estimate of drug-likeness (QED) is 0.403. The molecule has 1 aromatic carbocycles. The van der Waals surface area contributed by atoms with E-state index in [2.05, 4.69) is 15.6 Å². The minimum Gasteiger partial charge on any atom is -0.357 e. The number of guanidine groups is 1. The predicted octanol–water partition coefficient (Wildman–Crippen LogP) is 3.08. The maximum atomic E-state index is 11.6. The van der Waals surface area contributed by atoms with E-state index >= 15 is 0 Å². The average molecular weight is 375 g/mol. The molecule has 0 aliphatic heterocycles. The van der Waals surface area contributed by atoms with Crippen molar-refractivity contribution >= 4 is 17.6 Å². The van der Waals surface area contributed by atoms with Crippen molar-refractivity contribution in [2.45, 2.75) is 32.7 Å². The average Bonchev–Trinajstić information content (AvgIpc) is 2.64. The number of benzene rings is 1. The Kier molecular flexibility index (Phi) is 8.76. The second-order valence-electron chi connectivity index (χ2n) is 5.97. The predicted molar refractivity (Wildman–Crippen MR) is 109 cm³/mol. The molecule has 5 nitrogen and oxygen atoms in total. The summed E-state index contributed by atoms with van der Waals surface area (Å²) in [5, 5.41) is 7.39. The second kappa shape index (κ2) is 11.4. The molecule has 0 saturated heterocycles. The van der Waals surface area contributed by atoms with Gasteiger partial charge >= 0.3 is 0 Å². The summed E-state index contributed by atoms with van der Waals surface area (Å²) in [5.74, 6) is 0.816. The maximum Gasteiger partial charge on any atom is 0.250 e. The normalized spacial score (nSPS) is 11.4. The van der Waals surface area contributed by atoms with Gasteiger partial charge in [-0.2, -0.15) is 0 Å². The monoisotopic (exact) mass is 374 g/mol. The number of unbranched alkanes of at least 4 members (excludes halogenated alkanes) is 1. The highest BCUT2D eigenvalue weighted by Gasteiger charge is 2.01. The minimum atomic E-state index is 0.0468. The van der Waals surface area contributed by atoms with Crippen LogP contribution in [0.4, 0.5) is 0 Å². The van der Waals surface area contributed by atoms with Gasteiger partial charge < -0.3 is 15.2 Å². The fraction of sp³-hybridized carbons (Fsp3) is 0.400. The summed E-state index contributed by atoms with van der Waals surface area (Å²) in [7, 11) is 0. The summed E-state index contributed by atoms with van der Waals surface area (Å²) in [6.07, 6.45) is 4.53. The Labute approximate surface area is 160 Å². The highest BCUT2D eigenvalue weighted by atomic mass is 35.5. The summed E-state index contributed by atoms with van der Waals surface area (Å²) in [5.41, 5.74) is 1.18. The van der Waals surface area contributed by atoms with Gasteiger partial charge in [0.15, 0.2) is 5.96 Å². The van der Waals surface area contributed by atoms with E-state index in [4.69, 9.17) is 11.6 Å². The molecule has 2 rings (SSSR count). The zero-order chi connectivity index (χ0) is 18.6. The molecule has 2 N–H and O–H groups in total. The third kappa shape index (κ3) is 6.92. The van der Waals surface area contributed by atoms with Crippen molar-refractivity contribution in [3.63, 3.8) is 0 Å². The minimum absolute atomic E-state index is 0.0468. The van der Waals surface area contributed by atoms with Crippen LogP contribution in [-0.4, -0.2) is 30.2 Å². The van der Waals surface area contributed by atoms with E-state index in [9.17, 15) is 4.79 Å². The molecule has 1 aromatic heterocycles. The van der Waals surface area contributed by atoms with Gasteiger partial charge in [-0.3, -0.25) is 9.79 Å². The molecule has 0 unspecified atom stereocenters. The van der Waals surface area contributed by atoms with Gasteiger partial charge in [-0.15, -0.1) is 0 Å². The van der Waals surface area contributed by atoms with Gasteiger partial charge in [0.25, 0.3) is 0 Å². The molecule has 2 aromatic rings. The number of rotatable bonds is 9. The third-order valence-electron chi connectivity index (χ3n) is 3.96. The van der Waals surface area contributed by atoms with Crippen LogP contribution in [0.25, 0.3) is 0 Å². The Morgan fingerprint density at radius 1 is 1.12 bits per heavy atom. The smallest absolute Gasteiger partial charge is 0.250 e. The Hall–Kier alpha value is -2.27. The maximum absolute atomic E-state index is 11.6. The zero-order valence-electron chi connectivity index (χ0n) is 15.2. The molecule has 140 valence electrons. The van der Waals surface area contributed by atoms with Crippen molar-refractivity contribution in [2.75, 3.05) is 19.6 Å². The summed E-state index contributed by atoms with van der Waals surface area (Å²) >= 11 is 6.18. The molecule has 0 aliphatic carbocycles. The second-order valence-corrected chi connectivity index (χ2v) is 6.38. The number of nitrogens with zero attached hydrogens (tertiary/aromatic N) is 2. The van der Waals surface area contributed by atoms with Gasteiger partial charge in [-0.05, 0) is 43.9 Å². The number of aryl methyl sites for hydroxylation is 1. The van der Waals surface area contributed by atoms with E-state index in [1.54, 1.807) is 16.7 Å². The summed E-state index contributed by atoms with van der Waals surface area (Å²) in [4.78, 5) is 16.2. The molecule has 0 aliphatic rings. The number of aliphatic imine (C=N–C) groups is 1. The van der Waals surface area contributed by atoms with Crippen LogP contribution in [0.1, 0.15) is 25.3 Å². The fourth-order valence-corrected chi connectivity index (χ4v) is 2.82. The lowest BCUT2D eigenvalue weighted by molar-refractivity contribution is 0.597. The zero-order valence-corrected chi connectivity index (χ0v) is 16.0. The van der Waals surface area contributed by atoms with E-state index in [0.717, 1.165) is 62.0 Å². The van der Waals surface area contributed by atoms with Gasteiger partial charge in [-0.25, -0.2) is 0 Å². The largest absolute Gasteiger partial charge is 0.357 e. The van der Waals surface area contributed by atoms with Crippen molar-refractivity contribution < 1.29 is 0 Å². The molecule has 0 spiro atoms. The molecule has 26 heavy (non-hydrogen) atoms. The molecule has 1 heterocycles. The van der Waals surface area contributed by atoms with Crippen LogP contribution in [0, 0.1) is 0 Å². The van der Waals surface area contributed by atoms with Gasteiger partial charge in [0.2, 0.25) is 5.56 Å². The van der Waals surface area contributed by atoms with Crippen molar-refractivity contribution in [1.29, 1.82) is 0 Å². The number of hydrogen-bond acceptors (Lipinski definition) is 2. The number of nitrogens with one attached hydrogen (secondary N) is 2. The van der Waals surface area contributed by atoms with E-state index in [1.165, 1.54) is 0 Å². The Balaban J connectivity index is 1.73. The molecule has 0 atom stereocenters. The van der Waals surface area contributed by atoms with Crippen LogP contribution in [0.5, 0.6) is 0 Å². The number of aromatic nitrogens is 1. The first-order chi connectivity index (χ1) is 12.7. The van der Waals surface area contributed by atoms with Crippen LogP contribution >= 0.6 is 11.6 Å². The molecule has 0 fully saturated rings. The standard InChI is InChI=1S/C20H27ClN4O/c1-2-22-20(24-14-12-17-9-3-4-10-18(17)21)23-13-6-8-16-25-15-7-5-11-19(25)26/h3-5,7,9-11,15H,2,6,8,12-14,16H2,1H3,(H2,22,23,24). The number of hydrogen-bond donors (Lipinski definition) is 2. The molecular weight excluding hydrogens is 348 g/mol. The van der Waals surface area contributed by atoms with E-state index in [0.29, 0.717) is 0 Å². The molecule has 0 bridgehead atoms. The lowest BCUT2D eigenvalue weighted by Gasteiger charge is -2.12. The molecular formula is C20H27ClN4O. The lowest BCUT2D eigenvalue weighted by Crippen LogP contribution is -2.38. The van der Waals surface area contributed by atoms with E-state index in [1.807, 2.05) is 43.5 Å². The van der Waals surface area contributed by atoms with Crippen LogP contribution in [0.15, 0.2) is 58.4 Å². The Morgan fingerprint density at radius 3 is 2.69 bits per heavy atom. The topological polar surface area (TPSA) is 58.4 Å². The van der Waals surface area contributed by atoms with Crippen molar-refractivity contribution in [2.24, 2.45) is 4.99 Å². The third-order valence-corrected chi connectivity index (χ3v) is 4.33. The van der Waals surface area contributed by atoms with Crippen LogP contribution < -0.4 is 16.2 Å². The molecule has 0 amide bonds. The summed E-state index contributed by atoms with van der Waals surface area (Å²) in [6.45, 7) is 5.09. The summed E-state index contributed by atoms with van der Waals surface area (Å²) < 4.78 is 1.73. The Morgan fingerprint density at radius 2 is 1.92 bits per heavy atom. The highest BCUT2D eigenvalue weighted by molar-refractivity contribution is 6.31. The SMILES string of the molecule is CCNC(=NCCCCn1ccccc1=O)NCCc1ccccc1Cl. The van der Waals surface area contributed by atoms with Crippen molar-refractivity contribution in [3.05, 3.63) is 69.6 Å².